The van der Waals surface area contributed by atoms with Crippen LogP contribution < -0.4 is 10.1 Å². The van der Waals surface area contributed by atoms with Gasteiger partial charge in [-0.1, -0.05) is 32.9 Å². The van der Waals surface area contributed by atoms with Crippen molar-refractivity contribution < 1.29 is 19.1 Å². The summed E-state index contributed by atoms with van der Waals surface area (Å²) < 4.78 is 5.09. The lowest BCUT2D eigenvalue weighted by atomic mass is 9.96. The van der Waals surface area contributed by atoms with Gasteiger partial charge in [-0.15, -0.1) is 0 Å². The molecule has 0 aromatic heterocycles. The molecule has 1 aliphatic heterocycles. The number of amides is 3. The summed E-state index contributed by atoms with van der Waals surface area (Å²) in [5.74, 6) is 0.268. The minimum absolute atomic E-state index is 0.117. The van der Waals surface area contributed by atoms with Crippen LogP contribution in [0.15, 0.2) is 29.2 Å². The van der Waals surface area contributed by atoms with Crippen LogP contribution >= 0.6 is 11.8 Å². The fourth-order valence-corrected chi connectivity index (χ4v) is 2.96. The van der Waals surface area contributed by atoms with Crippen molar-refractivity contribution in [1.29, 1.82) is 0 Å². The summed E-state index contributed by atoms with van der Waals surface area (Å²) in [6, 6.07) is 7.21. The van der Waals surface area contributed by atoms with Gasteiger partial charge in [-0.05, 0) is 35.5 Å². The molecule has 0 unspecified atom stereocenters. The van der Waals surface area contributed by atoms with E-state index < -0.39 is 5.41 Å². The van der Waals surface area contributed by atoms with E-state index in [1.807, 2.05) is 12.1 Å². The molecule has 0 atom stereocenters. The highest BCUT2D eigenvalue weighted by molar-refractivity contribution is 8.18. The second kappa shape index (κ2) is 7.74. The van der Waals surface area contributed by atoms with Crippen molar-refractivity contribution in [1.82, 2.24) is 10.2 Å². The van der Waals surface area contributed by atoms with Gasteiger partial charge in [0.15, 0.2) is 0 Å². The first kappa shape index (κ1) is 19.1. The maximum atomic E-state index is 12.4. The highest BCUT2D eigenvalue weighted by Gasteiger charge is 2.34. The fourth-order valence-electron chi connectivity index (χ4n) is 2.09. The van der Waals surface area contributed by atoms with Crippen molar-refractivity contribution in [2.24, 2.45) is 5.41 Å². The number of carbonyl (C=O) groups excluding carboxylic acids is 3. The van der Waals surface area contributed by atoms with Crippen molar-refractivity contribution in [3.63, 3.8) is 0 Å². The largest absolute Gasteiger partial charge is 0.497 e. The van der Waals surface area contributed by atoms with E-state index in [0.717, 1.165) is 28.0 Å². The summed E-state index contributed by atoms with van der Waals surface area (Å²) in [4.78, 5) is 37.8. The topological polar surface area (TPSA) is 75.7 Å². The van der Waals surface area contributed by atoms with Crippen LogP contribution in [0.5, 0.6) is 5.75 Å². The van der Waals surface area contributed by atoms with E-state index in [1.54, 1.807) is 46.1 Å². The van der Waals surface area contributed by atoms with Crippen molar-refractivity contribution in [2.45, 2.75) is 20.8 Å². The van der Waals surface area contributed by atoms with Gasteiger partial charge < -0.3 is 10.1 Å². The van der Waals surface area contributed by atoms with Gasteiger partial charge in [0.1, 0.15) is 5.75 Å². The first-order chi connectivity index (χ1) is 11.7. The lowest BCUT2D eigenvalue weighted by Gasteiger charge is -2.19. The Kier molecular flexibility index (Phi) is 5.89. The predicted molar refractivity (Wildman–Crippen MR) is 98.1 cm³/mol. The van der Waals surface area contributed by atoms with E-state index >= 15 is 0 Å². The summed E-state index contributed by atoms with van der Waals surface area (Å²) in [7, 11) is 1.58. The van der Waals surface area contributed by atoms with Gasteiger partial charge in [0.05, 0.1) is 12.0 Å². The first-order valence-electron chi connectivity index (χ1n) is 7.90. The molecule has 2 rings (SSSR count). The van der Waals surface area contributed by atoms with Gasteiger partial charge >= 0.3 is 0 Å². The molecule has 1 aromatic carbocycles. The first-order valence-corrected chi connectivity index (χ1v) is 8.72. The van der Waals surface area contributed by atoms with E-state index in [9.17, 15) is 14.4 Å². The van der Waals surface area contributed by atoms with Gasteiger partial charge in [0.2, 0.25) is 5.91 Å². The van der Waals surface area contributed by atoms with Crippen molar-refractivity contribution in [3.8, 4) is 5.75 Å². The number of nitrogens with zero attached hydrogens (tertiary/aromatic N) is 1. The van der Waals surface area contributed by atoms with Gasteiger partial charge in [-0.2, -0.15) is 0 Å². The molecule has 6 nitrogen and oxygen atoms in total. The number of rotatable bonds is 5. The molecule has 0 spiro atoms. The second-order valence-electron chi connectivity index (χ2n) is 6.61. The SMILES string of the molecule is COc1ccc(C=C2SC(=O)N(CCNC(=O)C(C)(C)C)C2=O)cc1. The van der Waals surface area contributed by atoms with Gasteiger partial charge in [-0.3, -0.25) is 19.3 Å². The summed E-state index contributed by atoms with van der Waals surface area (Å²) in [5, 5.41) is 2.42. The van der Waals surface area contributed by atoms with Gasteiger partial charge in [0, 0.05) is 18.5 Å². The number of benzene rings is 1. The minimum Gasteiger partial charge on any atom is -0.497 e. The molecule has 1 aromatic rings. The molecule has 1 aliphatic rings. The normalized spacial score (nSPS) is 16.5. The van der Waals surface area contributed by atoms with Crippen molar-refractivity contribution in [3.05, 3.63) is 34.7 Å². The van der Waals surface area contributed by atoms with Crippen LogP contribution in [0.1, 0.15) is 26.3 Å². The number of nitrogens with one attached hydrogen (secondary N) is 1. The smallest absolute Gasteiger partial charge is 0.293 e. The van der Waals surface area contributed by atoms with E-state index in [4.69, 9.17) is 4.74 Å². The number of methoxy groups -OCH3 is 1. The zero-order chi connectivity index (χ0) is 18.6. The number of hydrogen-bond acceptors (Lipinski definition) is 5. The van der Waals surface area contributed by atoms with Crippen LogP contribution in [0.2, 0.25) is 0 Å². The third-order valence-corrected chi connectivity index (χ3v) is 4.50. The molecule has 3 amide bonds. The Balaban J connectivity index is 1.99. The quantitative estimate of drug-likeness (QED) is 0.815. The molecule has 1 saturated heterocycles. The summed E-state index contributed by atoms with van der Waals surface area (Å²) in [5.41, 5.74) is 0.306. The van der Waals surface area contributed by atoms with Crippen LogP contribution in [0.4, 0.5) is 4.79 Å². The molecule has 1 N–H and O–H groups in total. The Labute approximate surface area is 151 Å². The van der Waals surface area contributed by atoms with E-state index in [0.29, 0.717) is 4.91 Å². The summed E-state index contributed by atoms with van der Waals surface area (Å²) in [6.07, 6.45) is 1.68. The van der Waals surface area contributed by atoms with Crippen LogP contribution in [-0.4, -0.2) is 42.2 Å². The van der Waals surface area contributed by atoms with Crippen molar-refractivity contribution >= 4 is 34.9 Å². The Hall–Kier alpha value is -2.28. The zero-order valence-corrected chi connectivity index (χ0v) is 15.6. The van der Waals surface area contributed by atoms with Crippen LogP contribution in [0.25, 0.3) is 6.08 Å². The highest BCUT2D eigenvalue weighted by atomic mass is 32.2. The van der Waals surface area contributed by atoms with E-state index in [1.165, 1.54) is 0 Å². The molecule has 1 fully saturated rings. The maximum Gasteiger partial charge on any atom is 0.293 e. The van der Waals surface area contributed by atoms with Gasteiger partial charge in [0.25, 0.3) is 11.1 Å². The Morgan fingerprint density at radius 3 is 2.44 bits per heavy atom. The van der Waals surface area contributed by atoms with Crippen LogP contribution in [0.3, 0.4) is 0 Å². The van der Waals surface area contributed by atoms with E-state index in [-0.39, 0.29) is 30.1 Å². The zero-order valence-electron chi connectivity index (χ0n) is 14.8. The second-order valence-corrected chi connectivity index (χ2v) is 7.61. The summed E-state index contributed by atoms with van der Waals surface area (Å²) >= 11 is 0.906. The Morgan fingerprint density at radius 1 is 1.24 bits per heavy atom. The monoisotopic (exact) mass is 362 g/mol. The third-order valence-electron chi connectivity index (χ3n) is 3.59. The molecule has 0 saturated carbocycles. The molecule has 25 heavy (non-hydrogen) atoms. The van der Waals surface area contributed by atoms with Gasteiger partial charge in [-0.25, -0.2) is 0 Å². The molecule has 0 radical (unpaired) electrons. The molecule has 134 valence electrons. The standard InChI is InChI=1S/C18H22N2O4S/c1-18(2,3)16(22)19-9-10-20-15(21)14(25-17(20)23)11-12-5-7-13(24-4)8-6-12/h5-8,11H,9-10H2,1-4H3,(H,19,22). The minimum atomic E-state index is -0.507. The molecule has 0 bridgehead atoms. The number of thioether (sulfide) groups is 1. The average molecular weight is 362 g/mol. The molecular weight excluding hydrogens is 340 g/mol. The molecular formula is C18H22N2O4S. The number of hydrogen-bond donors (Lipinski definition) is 1. The molecule has 0 aliphatic carbocycles. The Bertz CT molecular complexity index is 705. The fraction of sp³-hybridized carbons (Fsp3) is 0.389. The number of ether oxygens (including phenoxy) is 1. The highest BCUT2D eigenvalue weighted by Crippen LogP contribution is 2.32. The average Bonchev–Trinajstić information content (AvgIpc) is 2.82. The van der Waals surface area contributed by atoms with Crippen LogP contribution in [-0.2, 0) is 9.59 Å². The van der Waals surface area contributed by atoms with E-state index in [2.05, 4.69) is 5.32 Å². The lowest BCUT2D eigenvalue weighted by molar-refractivity contribution is -0.129. The summed E-state index contributed by atoms with van der Waals surface area (Å²) in [6.45, 7) is 5.82. The maximum absolute atomic E-state index is 12.4. The van der Waals surface area contributed by atoms with Crippen LogP contribution in [0, 0.1) is 5.41 Å². The molecule has 7 heteroatoms. The third kappa shape index (κ3) is 4.85. The molecule has 1 heterocycles. The van der Waals surface area contributed by atoms with Crippen molar-refractivity contribution in [2.75, 3.05) is 20.2 Å². The number of imide groups is 1. The lowest BCUT2D eigenvalue weighted by Crippen LogP contribution is -2.41. The number of carbonyl (C=O) groups is 3. The predicted octanol–water partition coefficient (Wildman–Crippen LogP) is 2.89. The Morgan fingerprint density at radius 2 is 1.88 bits per heavy atom.